The summed E-state index contributed by atoms with van der Waals surface area (Å²) in [6.45, 7) is 3.05. The smallest absolute Gasteiger partial charge is 0.317 e. The molecule has 1 atom stereocenters. The van der Waals surface area contributed by atoms with E-state index in [9.17, 15) is 0 Å². The number of aryl methyl sites for hydroxylation is 1. The molecule has 17 heavy (non-hydrogen) atoms. The second kappa shape index (κ2) is 5.09. The second-order valence-electron chi connectivity index (χ2n) is 4.04. The molecule has 0 spiro atoms. The summed E-state index contributed by atoms with van der Waals surface area (Å²) < 4.78 is 10.9. The van der Waals surface area contributed by atoms with E-state index in [1.807, 2.05) is 6.92 Å². The van der Waals surface area contributed by atoms with E-state index in [4.69, 9.17) is 20.6 Å². The molecule has 0 radical (unpaired) electrons. The van der Waals surface area contributed by atoms with Gasteiger partial charge >= 0.3 is 6.01 Å². The van der Waals surface area contributed by atoms with Gasteiger partial charge < -0.3 is 15.2 Å². The van der Waals surface area contributed by atoms with Crippen LogP contribution in [0.4, 0.5) is 0 Å². The second-order valence-corrected chi connectivity index (χ2v) is 4.04. The lowest BCUT2D eigenvalue weighted by Crippen LogP contribution is -2.19. The van der Waals surface area contributed by atoms with E-state index in [0.29, 0.717) is 12.3 Å². The number of nitrogens with zero attached hydrogens (tertiary/aromatic N) is 2. The third kappa shape index (κ3) is 3.13. The van der Waals surface area contributed by atoms with Crippen LogP contribution in [-0.2, 0) is 4.74 Å². The van der Waals surface area contributed by atoms with Crippen molar-refractivity contribution in [1.29, 1.82) is 5.41 Å². The average Bonchev–Trinajstić information content (AvgIpc) is 2.78. The van der Waals surface area contributed by atoms with Crippen LogP contribution in [0.1, 0.15) is 24.2 Å². The van der Waals surface area contributed by atoms with Crippen molar-refractivity contribution >= 4 is 5.84 Å². The van der Waals surface area contributed by atoms with Gasteiger partial charge in [0.2, 0.25) is 0 Å². The maximum atomic E-state index is 7.33. The quantitative estimate of drug-likeness (QED) is 0.590. The third-order valence-electron chi connectivity index (χ3n) is 2.53. The lowest BCUT2D eigenvalue weighted by molar-refractivity contribution is 0.0644. The number of nitrogen functional groups attached to an aromatic ring is 1. The Morgan fingerprint density at radius 3 is 3.12 bits per heavy atom. The molecule has 0 bridgehead atoms. The number of rotatable bonds is 4. The van der Waals surface area contributed by atoms with Crippen LogP contribution in [0.15, 0.2) is 6.07 Å². The monoisotopic (exact) mass is 236 g/mol. The molecular weight excluding hydrogens is 220 g/mol. The van der Waals surface area contributed by atoms with E-state index < -0.39 is 0 Å². The van der Waals surface area contributed by atoms with Crippen molar-refractivity contribution in [1.82, 2.24) is 9.97 Å². The van der Waals surface area contributed by atoms with Gasteiger partial charge in [-0.3, -0.25) is 5.41 Å². The third-order valence-corrected chi connectivity index (χ3v) is 2.53. The number of hydrogen-bond acceptors (Lipinski definition) is 5. The summed E-state index contributed by atoms with van der Waals surface area (Å²) in [5.74, 6) is -0.0857. The van der Waals surface area contributed by atoms with Crippen LogP contribution in [0.25, 0.3) is 0 Å². The molecule has 1 aromatic heterocycles. The van der Waals surface area contributed by atoms with Crippen LogP contribution >= 0.6 is 0 Å². The molecule has 1 fully saturated rings. The van der Waals surface area contributed by atoms with Crippen LogP contribution in [0, 0.1) is 12.3 Å². The zero-order valence-corrected chi connectivity index (χ0v) is 9.77. The molecule has 0 amide bonds. The summed E-state index contributed by atoms with van der Waals surface area (Å²) in [6.07, 6.45) is 2.20. The topological polar surface area (TPSA) is 94.1 Å². The number of nitrogens with one attached hydrogen (secondary N) is 1. The van der Waals surface area contributed by atoms with E-state index in [2.05, 4.69) is 9.97 Å². The largest absolute Gasteiger partial charge is 0.461 e. The summed E-state index contributed by atoms with van der Waals surface area (Å²) in [5, 5.41) is 7.33. The number of ether oxygens (including phenoxy) is 2. The highest BCUT2D eigenvalue weighted by Crippen LogP contribution is 2.13. The Morgan fingerprint density at radius 1 is 1.65 bits per heavy atom. The minimum atomic E-state index is -0.0857. The van der Waals surface area contributed by atoms with Gasteiger partial charge in [0.15, 0.2) is 0 Å². The van der Waals surface area contributed by atoms with Gasteiger partial charge in [-0.05, 0) is 25.8 Å². The highest BCUT2D eigenvalue weighted by atomic mass is 16.5. The van der Waals surface area contributed by atoms with E-state index in [1.165, 1.54) is 0 Å². The molecule has 1 aromatic rings. The van der Waals surface area contributed by atoms with Crippen LogP contribution in [0.5, 0.6) is 6.01 Å². The van der Waals surface area contributed by atoms with Gasteiger partial charge in [-0.2, -0.15) is 4.98 Å². The summed E-state index contributed by atoms with van der Waals surface area (Å²) in [7, 11) is 0. The highest BCUT2D eigenvalue weighted by molar-refractivity contribution is 5.93. The Labute approximate surface area is 99.7 Å². The molecule has 2 heterocycles. The van der Waals surface area contributed by atoms with Crippen molar-refractivity contribution in [2.24, 2.45) is 5.73 Å². The minimum Gasteiger partial charge on any atom is -0.461 e. The van der Waals surface area contributed by atoms with Gasteiger partial charge in [-0.15, -0.1) is 0 Å². The van der Waals surface area contributed by atoms with E-state index in [0.717, 1.165) is 25.1 Å². The van der Waals surface area contributed by atoms with Gasteiger partial charge in [0.25, 0.3) is 0 Å². The molecule has 1 aliphatic rings. The average molecular weight is 236 g/mol. The zero-order valence-electron chi connectivity index (χ0n) is 9.77. The predicted octanol–water partition coefficient (Wildman–Crippen LogP) is 0.627. The SMILES string of the molecule is Cc1cc(C(=N)N)nc(OCC2CCCO2)n1. The molecule has 3 N–H and O–H groups in total. The zero-order chi connectivity index (χ0) is 12.3. The van der Waals surface area contributed by atoms with Crippen molar-refractivity contribution in [3.63, 3.8) is 0 Å². The van der Waals surface area contributed by atoms with Gasteiger partial charge in [0.1, 0.15) is 18.1 Å². The molecule has 1 saturated heterocycles. The summed E-state index contributed by atoms with van der Waals surface area (Å²) in [6, 6.07) is 1.91. The molecular formula is C11H16N4O2. The normalized spacial score (nSPS) is 19.2. The van der Waals surface area contributed by atoms with Crippen molar-refractivity contribution in [3.05, 3.63) is 17.5 Å². The van der Waals surface area contributed by atoms with Crippen LogP contribution in [-0.4, -0.2) is 35.1 Å². The van der Waals surface area contributed by atoms with Gasteiger partial charge in [-0.1, -0.05) is 0 Å². The van der Waals surface area contributed by atoms with E-state index >= 15 is 0 Å². The van der Waals surface area contributed by atoms with Crippen molar-refractivity contribution in [2.45, 2.75) is 25.9 Å². The predicted molar refractivity (Wildman–Crippen MR) is 62.3 cm³/mol. The maximum Gasteiger partial charge on any atom is 0.317 e. The Kier molecular flexibility index (Phi) is 3.53. The summed E-state index contributed by atoms with van der Waals surface area (Å²) in [5.41, 5.74) is 6.50. The first-order chi connectivity index (χ1) is 8.15. The lowest BCUT2D eigenvalue weighted by Gasteiger charge is -2.10. The molecule has 1 unspecified atom stereocenters. The lowest BCUT2D eigenvalue weighted by atomic mass is 10.2. The number of nitrogens with two attached hydrogens (primary N) is 1. The highest BCUT2D eigenvalue weighted by Gasteiger charge is 2.17. The first-order valence-electron chi connectivity index (χ1n) is 5.59. The van der Waals surface area contributed by atoms with Gasteiger partial charge in [0.05, 0.1) is 6.10 Å². The van der Waals surface area contributed by atoms with Crippen LogP contribution in [0.2, 0.25) is 0 Å². The number of amidine groups is 1. The molecule has 2 rings (SSSR count). The molecule has 6 heteroatoms. The molecule has 6 nitrogen and oxygen atoms in total. The summed E-state index contributed by atoms with van der Waals surface area (Å²) >= 11 is 0. The fraction of sp³-hybridized carbons (Fsp3) is 0.545. The number of aromatic nitrogens is 2. The Balaban J connectivity index is 2.01. The minimum absolute atomic E-state index is 0.0857. The summed E-state index contributed by atoms with van der Waals surface area (Å²) in [4.78, 5) is 8.19. The fourth-order valence-corrected chi connectivity index (χ4v) is 1.69. The maximum absolute atomic E-state index is 7.33. The molecule has 1 aliphatic heterocycles. The molecule has 92 valence electrons. The van der Waals surface area contributed by atoms with Crippen LogP contribution in [0.3, 0.4) is 0 Å². The molecule has 0 saturated carbocycles. The van der Waals surface area contributed by atoms with Crippen molar-refractivity contribution < 1.29 is 9.47 Å². The van der Waals surface area contributed by atoms with Crippen molar-refractivity contribution in [3.8, 4) is 6.01 Å². The van der Waals surface area contributed by atoms with Gasteiger partial charge in [-0.25, -0.2) is 4.98 Å². The van der Waals surface area contributed by atoms with Crippen molar-refractivity contribution in [2.75, 3.05) is 13.2 Å². The van der Waals surface area contributed by atoms with E-state index in [1.54, 1.807) is 6.07 Å². The first kappa shape index (κ1) is 11.8. The molecule has 0 aliphatic carbocycles. The Bertz CT molecular complexity index is 416. The van der Waals surface area contributed by atoms with Crippen LogP contribution < -0.4 is 10.5 Å². The van der Waals surface area contributed by atoms with E-state index in [-0.39, 0.29) is 18.0 Å². The standard InChI is InChI=1S/C11H16N4O2/c1-7-5-9(10(12)13)15-11(14-7)17-6-8-3-2-4-16-8/h5,8H,2-4,6H2,1H3,(H3,12,13). The molecule has 0 aromatic carbocycles. The first-order valence-corrected chi connectivity index (χ1v) is 5.59. The Morgan fingerprint density at radius 2 is 2.47 bits per heavy atom. The number of hydrogen-bond donors (Lipinski definition) is 2. The van der Waals surface area contributed by atoms with Gasteiger partial charge in [0, 0.05) is 12.3 Å². The fourth-order valence-electron chi connectivity index (χ4n) is 1.69. The Hall–Kier alpha value is -1.69.